The number of alkyl halides is 3. The Labute approximate surface area is 157 Å². The summed E-state index contributed by atoms with van der Waals surface area (Å²) in [5.74, 6) is -0.807. The molecule has 0 aliphatic carbocycles. The molecule has 1 amide bonds. The predicted molar refractivity (Wildman–Crippen MR) is 93.8 cm³/mol. The number of pyridine rings is 2. The van der Waals surface area contributed by atoms with Crippen molar-refractivity contribution in [3.05, 3.63) is 77.6 Å². The molecule has 0 radical (unpaired) electrons. The number of fused-ring (bicyclic) bond motifs is 1. The van der Waals surface area contributed by atoms with Crippen LogP contribution < -0.4 is 4.90 Å². The Hall–Kier alpha value is -3.29. The second-order valence-corrected chi connectivity index (χ2v) is 6.41. The Morgan fingerprint density at radius 2 is 1.82 bits per heavy atom. The summed E-state index contributed by atoms with van der Waals surface area (Å²) in [6, 6.07) is 9.32. The maximum atomic E-state index is 13.0. The number of hydrogen-bond donors (Lipinski definition) is 0. The molecule has 0 N–H and O–H groups in total. The number of hydrogen-bond acceptors (Lipinski definition) is 3. The van der Waals surface area contributed by atoms with Crippen molar-refractivity contribution in [2.24, 2.45) is 0 Å². The van der Waals surface area contributed by atoms with Crippen molar-refractivity contribution in [1.29, 1.82) is 0 Å². The van der Waals surface area contributed by atoms with Crippen molar-refractivity contribution in [1.82, 2.24) is 9.97 Å². The standard InChI is InChI=1S/C20H13F4N3O/c21-18-5-4-12(9-26-18)11-27-17-7-14(10-25-16(17)8-19(27)28)13-2-1-3-15(6-13)20(22,23)24/h1-7,9-10H,8,11H2. The fourth-order valence-corrected chi connectivity index (χ4v) is 3.11. The van der Waals surface area contributed by atoms with Gasteiger partial charge in [-0.2, -0.15) is 17.6 Å². The van der Waals surface area contributed by atoms with Crippen LogP contribution in [0.3, 0.4) is 0 Å². The minimum atomic E-state index is -4.45. The molecule has 0 fully saturated rings. The summed E-state index contributed by atoms with van der Waals surface area (Å²) >= 11 is 0. The molecule has 2 aromatic heterocycles. The molecule has 1 aromatic carbocycles. The van der Waals surface area contributed by atoms with E-state index in [-0.39, 0.29) is 18.9 Å². The maximum absolute atomic E-state index is 13.0. The zero-order chi connectivity index (χ0) is 19.9. The van der Waals surface area contributed by atoms with Crippen LogP contribution >= 0.6 is 0 Å². The van der Waals surface area contributed by atoms with E-state index in [1.54, 1.807) is 12.1 Å². The number of aromatic nitrogens is 2. The van der Waals surface area contributed by atoms with Crippen LogP contribution in [0, 0.1) is 5.95 Å². The number of amides is 1. The Kier molecular flexibility index (Phi) is 4.33. The molecule has 0 atom stereocenters. The summed E-state index contributed by atoms with van der Waals surface area (Å²) < 4.78 is 51.9. The van der Waals surface area contributed by atoms with Gasteiger partial charge in [-0.1, -0.05) is 18.2 Å². The highest BCUT2D eigenvalue weighted by molar-refractivity contribution is 6.01. The topological polar surface area (TPSA) is 46.1 Å². The van der Waals surface area contributed by atoms with Crippen LogP contribution in [-0.4, -0.2) is 15.9 Å². The predicted octanol–water partition coefficient (Wildman–Crippen LogP) is 4.39. The SMILES string of the molecule is O=C1Cc2ncc(-c3cccc(C(F)(F)F)c3)cc2N1Cc1ccc(F)nc1. The molecule has 142 valence electrons. The molecule has 3 aromatic rings. The third-order valence-electron chi connectivity index (χ3n) is 4.51. The molecule has 3 heterocycles. The van der Waals surface area contributed by atoms with Crippen molar-refractivity contribution in [2.45, 2.75) is 19.1 Å². The zero-order valence-corrected chi connectivity index (χ0v) is 14.4. The van der Waals surface area contributed by atoms with Gasteiger partial charge in [-0.25, -0.2) is 4.98 Å². The average molecular weight is 387 g/mol. The lowest BCUT2D eigenvalue weighted by atomic mass is 10.0. The van der Waals surface area contributed by atoms with Crippen LogP contribution in [0.4, 0.5) is 23.2 Å². The number of halogens is 4. The van der Waals surface area contributed by atoms with Gasteiger partial charge in [-0.15, -0.1) is 0 Å². The van der Waals surface area contributed by atoms with Gasteiger partial charge in [-0.3, -0.25) is 9.78 Å². The molecule has 0 saturated heterocycles. The molecule has 0 saturated carbocycles. The number of carbonyl (C=O) groups excluding carboxylic acids is 1. The van der Waals surface area contributed by atoms with E-state index >= 15 is 0 Å². The summed E-state index contributed by atoms with van der Waals surface area (Å²) in [5.41, 5.74) is 1.79. The molecule has 8 heteroatoms. The summed E-state index contributed by atoms with van der Waals surface area (Å²) in [6.45, 7) is 0.173. The smallest absolute Gasteiger partial charge is 0.306 e. The van der Waals surface area contributed by atoms with Gasteiger partial charge in [0.1, 0.15) is 0 Å². The summed E-state index contributed by atoms with van der Waals surface area (Å²) in [5, 5.41) is 0. The monoisotopic (exact) mass is 387 g/mol. The van der Waals surface area contributed by atoms with Crippen molar-refractivity contribution in [2.75, 3.05) is 4.90 Å². The first-order chi connectivity index (χ1) is 13.3. The van der Waals surface area contributed by atoms with E-state index in [0.29, 0.717) is 28.1 Å². The van der Waals surface area contributed by atoms with Crippen LogP contribution in [0.5, 0.6) is 0 Å². The third kappa shape index (κ3) is 3.45. The minimum absolute atomic E-state index is 0.104. The summed E-state index contributed by atoms with van der Waals surface area (Å²) in [4.78, 5) is 21.7. The number of benzene rings is 1. The normalized spacial score (nSPS) is 13.7. The van der Waals surface area contributed by atoms with Crippen molar-refractivity contribution in [3.63, 3.8) is 0 Å². The second kappa shape index (κ2) is 6.70. The molecule has 0 unspecified atom stereocenters. The highest BCUT2D eigenvalue weighted by atomic mass is 19.4. The van der Waals surface area contributed by atoms with Gasteiger partial charge < -0.3 is 4.90 Å². The third-order valence-corrected chi connectivity index (χ3v) is 4.51. The van der Waals surface area contributed by atoms with Crippen LogP contribution in [0.2, 0.25) is 0 Å². The second-order valence-electron chi connectivity index (χ2n) is 6.41. The minimum Gasteiger partial charge on any atom is -0.306 e. The first-order valence-corrected chi connectivity index (χ1v) is 8.38. The Morgan fingerprint density at radius 3 is 2.54 bits per heavy atom. The summed E-state index contributed by atoms with van der Waals surface area (Å²) in [7, 11) is 0. The molecular formula is C20H13F4N3O. The fraction of sp³-hybridized carbons (Fsp3) is 0.150. The van der Waals surface area contributed by atoms with Crippen LogP contribution in [0.1, 0.15) is 16.8 Å². The van der Waals surface area contributed by atoms with Gasteiger partial charge in [0.05, 0.1) is 29.9 Å². The first kappa shape index (κ1) is 18.1. The number of carbonyl (C=O) groups is 1. The van der Waals surface area contributed by atoms with E-state index in [0.717, 1.165) is 12.1 Å². The van der Waals surface area contributed by atoms with E-state index in [4.69, 9.17) is 0 Å². The van der Waals surface area contributed by atoms with Gasteiger partial charge in [0.15, 0.2) is 0 Å². The molecule has 4 nitrogen and oxygen atoms in total. The molecular weight excluding hydrogens is 374 g/mol. The molecule has 28 heavy (non-hydrogen) atoms. The van der Waals surface area contributed by atoms with Gasteiger partial charge in [0, 0.05) is 18.0 Å². The van der Waals surface area contributed by atoms with Crippen molar-refractivity contribution in [3.8, 4) is 11.1 Å². The number of nitrogens with zero attached hydrogens (tertiary/aromatic N) is 3. The molecule has 4 rings (SSSR count). The van der Waals surface area contributed by atoms with E-state index in [1.165, 1.54) is 35.5 Å². The lowest BCUT2D eigenvalue weighted by Crippen LogP contribution is -2.26. The Balaban J connectivity index is 1.69. The lowest BCUT2D eigenvalue weighted by Gasteiger charge is -2.18. The van der Waals surface area contributed by atoms with Crippen molar-refractivity contribution >= 4 is 11.6 Å². The lowest BCUT2D eigenvalue weighted by molar-refractivity contribution is -0.137. The fourth-order valence-electron chi connectivity index (χ4n) is 3.11. The zero-order valence-electron chi connectivity index (χ0n) is 14.4. The van der Waals surface area contributed by atoms with Gasteiger partial charge in [-0.05, 0) is 35.4 Å². The average Bonchev–Trinajstić information content (AvgIpc) is 2.97. The highest BCUT2D eigenvalue weighted by Crippen LogP contribution is 2.35. The van der Waals surface area contributed by atoms with Gasteiger partial charge in [0.25, 0.3) is 0 Å². The summed E-state index contributed by atoms with van der Waals surface area (Å²) in [6.07, 6.45) is -1.54. The Bertz CT molecular complexity index is 1050. The van der Waals surface area contributed by atoms with E-state index in [9.17, 15) is 22.4 Å². The molecule has 0 spiro atoms. The van der Waals surface area contributed by atoms with Crippen molar-refractivity contribution < 1.29 is 22.4 Å². The van der Waals surface area contributed by atoms with Gasteiger partial charge in [0.2, 0.25) is 11.9 Å². The number of rotatable bonds is 3. The largest absolute Gasteiger partial charge is 0.416 e. The first-order valence-electron chi connectivity index (χ1n) is 8.38. The van der Waals surface area contributed by atoms with E-state index < -0.39 is 17.7 Å². The highest BCUT2D eigenvalue weighted by Gasteiger charge is 2.31. The van der Waals surface area contributed by atoms with E-state index in [2.05, 4.69) is 9.97 Å². The van der Waals surface area contributed by atoms with Gasteiger partial charge >= 0.3 is 6.18 Å². The Morgan fingerprint density at radius 1 is 1.00 bits per heavy atom. The molecule has 1 aliphatic heterocycles. The number of anilines is 1. The molecule has 0 bridgehead atoms. The van der Waals surface area contributed by atoms with E-state index in [1.807, 2.05) is 0 Å². The van der Waals surface area contributed by atoms with Crippen LogP contribution in [-0.2, 0) is 23.9 Å². The van der Waals surface area contributed by atoms with Crippen LogP contribution in [0.15, 0.2) is 54.9 Å². The quantitative estimate of drug-likeness (QED) is 0.495. The van der Waals surface area contributed by atoms with Crippen LogP contribution in [0.25, 0.3) is 11.1 Å². The molecule has 1 aliphatic rings. The maximum Gasteiger partial charge on any atom is 0.416 e.